The van der Waals surface area contributed by atoms with Gasteiger partial charge in [0.25, 0.3) is 0 Å². The van der Waals surface area contributed by atoms with Gasteiger partial charge in [0.15, 0.2) is 0 Å². The number of hydrogen-bond donors (Lipinski definition) is 1. The topological polar surface area (TPSA) is 37.8 Å². The van der Waals surface area contributed by atoms with Gasteiger partial charge in [0.05, 0.1) is 16.2 Å². The minimum atomic E-state index is 0.585. The molecule has 1 aromatic carbocycles. The lowest BCUT2D eigenvalue weighted by molar-refractivity contribution is 1.33. The molecule has 1 N–H and O–H groups in total. The number of anilines is 2. The summed E-state index contributed by atoms with van der Waals surface area (Å²) in [6, 6.07) is 14.3. The quantitative estimate of drug-likeness (QED) is 0.755. The molecule has 18 heavy (non-hydrogen) atoms. The van der Waals surface area contributed by atoms with Crippen LogP contribution in [0.25, 0.3) is 11.0 Å². The largest absolute Gasteiger partial charge is 0.354 e. The van der Waals surface area contributed by atoms with Crippen molar-refractivity contribution in [3.63, 3.8) is 0 Å². The van der Waals surface area contributed by atoms with Crippen LogP contribution < -0.4 is 5.32 Å². The number of nitrogens with zero attached hydrogens (tertiary/aromatic N) is 2. The van der Waals surface area contributed by atoms with Crippen LogP contribution in [0.3, 0.4) is 0 Å². The Balaban J connectivity index is 2.07. The first-order chi connectivity index (χ1) is 8.83. The highest BCUT2D eigenvalue weighted by atomic mass is 35.5. The molecular formula is C14H9ClN3. The average Bonchev–Trinajstić information content (AvgIpc) is 2.40. The van der Waals surface area contributed by atoms with E-state index in [1.165, 1.54) is 0 Å². The molecule has 3 aromatic rings. The molecule has 0 amide bonds. The highest BCUT2D eigenvalue weighted by Gasteiger charge is 2.04. The van der Waals surface area contributed by atoms with Gasteiger partial charge in [-0.1, -0.05) is 23.7 Å². The van der Waals surface area contributed by atoms with Crippen LogP contribution in [-0.4, -0.2) is 9.97 Å². The van der Waals surface area contributed by atoms with E-state index < -0.39 is 0 Å². The third-order valence-corrected chi connectivity index (χ3v) is 2.75. The molecule has 87 valence electrons. The predicted molar refractivity (Wildman–Crippen MR) is 73.1 cm³/mol. The Kier molecular flexibility index (Phi) is 2.82. The van der Waals surface area contributed by atoms with Crippen molar-refractivity contribution in [1.82, 2.24) is 9.97 Å². The number of hydrogen-bond acceptors (Lipinski definition) is 3. The molecule has 0 saturated heterocycles. The van der Waals surface area contributed by atoms with Crippen LogP contribution in [0.1, 0.15) is 0 Å². The summed E-state index contributed by atoms with van der Waals surface area (Å²) in [4.78, 5) is 8.56. The Bertz CT molecular complexity index is 683. The lowest BCUT2D eigenvalue weighted by Crippen LogP contribution is -1.93. The lowest BCUT2D eigenvalue weighted by Gasteiger charge is -2.08. The first kappa shape index (κ1) is 11.0. The van der Waals surface area contributed by atoms with Gasteiger partial charge in [0.2, 0.25) is 0 Å². The second-order valence-electron chi connectivity index (χ2n) is 3.79. The highest BCUT2D eigenvalue weighted by Crippen LogP contribution is 2.24. The van der Waals surface area contributed by atoms with Crippen LogP contribution in [-0.2, 0) is 0 Å². The molecule has 0 atom stereocenters. The fourth-order valence-electron chi connectivity index (χ4n) is 1.73. The maximum absolute atomic E-state index is 5.90. The molecule has 2 aromatic heterocycles. The summed E-state index contributed by atoms with van der Waals surface area (Å²) in [5.74, 6) is 0. The molecule has 0 saturated carbocycles. The van der Waals surface area contributed by atoms with Crippen molar-refractivity contribution in [2.24, 2.45) is 0 Å². The van der Waals surface area contributed by atoms with Crippen LogP contribution in [0.2, 0.25) is 5.02 Å². The van der Waals surface area contributed by atoms with E-state index in [0.717, 1.165) is 22.4 Å². The highest BCUT2D eigenvalue weighted by molar-refractivity contribution is 6.31. The monoisotopic (exact) mass is 254 g/mol. The van der Waals surface area contributed by atoms with E-state index in [2.05, 4.69) is 21.4 Å². The minimum Gasteiger partial charge on any atom is -0.354 e. The Morgan fingerprint density at radius 2 is 1.94 bits per heavy atom. The van der Waals surface area contributed by atoms with Gasteiger partial charge in [-0.3, -0.25) is 9.97 Å². The maximum Gasteiger partial charge on any atom is 0.112 e. The molecule has 0 spiro atoms. The Labute approximate surface area is 109 Å². The van der Waals surface area contributed by atoms with Crippen molar-refractivity contribution in [2.45, 2.75) is 0 Å². The van der Waals surface area contributed by atoms with Crippen molar-refractivity contribution in [1.29, 1.82) is 0 Å². The van der Waals surface area contributed by atoms with Crippen molar-refractivity contribution in [3.05, 3.63) is 59.9 Å². The normalized spacial score (nSPS) is 10.5. The van der Waals surface area contributed by atoms with E-state index in [-0.39, 0.29) is 0 Å². The predicted octanol–water partition coefficient (Wildman–Crippen LogP) is 3.83. The summed E-state index contributed by atoms with van der Waals surface area (Å²) in [6.07, 6.45) is 3.35. The van der Waals surface area contributed by atoms with Gasteiger partial charge < -0.3 is 5.32 Å². The second kappa shape index (κ2) is 4.63. The summed E-state index contributed by atoms with van der Waals surface area (Å²) in [6.45, 7) is 0. The van der Waals surface area contributed by atoms with Crippen molar-refractivity contribution in [2.75, 3.05) is 5.32 Å². The fraction of sp³-hybridized carbons (Fsp3) is 0. The molecular weight excluding hydrogens is 246 g/mol. The molecule has 0 aliphatic carbocycles. The number of nitrogens with one attached hydrogen (secondary N) is 1. The van der Waals surface area contributed by atoms with E-state index in [4.69, 9.17) is 11.6 Å². The van der Waals surface area contributed by atoms with E-state index in [0.29, 0.717) is 5.02 Å². The molecule has 0 bridgehead atoms. The first-order valence-electron chi connectivity index (χ1n) is 5.46. The summed E-state index contributed by atoms with van der Waals surface area (Å²) < 4.78 is 0. The molecule has 3 rings (SSSR count). The number of halogens is 1. The zero-order valence-corrected chi connectivity index (χ0v) is 10.1. The molecule has 1 radical (unpaired) electrons. The third-order valence-electron chi connectivity index (χ3n) is 2.54. The van der Waals surface area contributed by atoms with Gasteiger partial charge in [-0.2, -0.15) is 0 Å². The van der Waals surface area contributed by atoms with Gasteiger partial charge in [0.1, 0.15) is 5.52 Å². The van der Waals surface area contributed by atoms with Crippen molar-refractivity contribution >= 4 is 34.0 Å². The Hall–Kier alpha value is -2.13. The number of fused-ring (bicyclic) bond motifs is 1. The summed E-state index contributed by atoms with van der Waals surface area (Å²) >= 11 is 5.90. The Morgan fingerprint density at radius 3 is 2.78 bits per heavy atom. The summed E-state index contributed by atoms with van der Waals surface area (Å²) in [7, 11) is 0. The molecule has 0 aliphatic rings. The van der Waals surface area contributed by atoms with E-state index >= 15 is 0 Å². The first-order valence-corrected chi connectivity index (χ1v) is 5.84. The number of aromatic nitrogens is 2. The smallest absolute Gasteiger partial charge is 0.112 e. The third kappa shape index (κ3) is 2.13. The molecule has 0 aliphatic heterocycles. The minimum absolute atomic E-state index is 0.585. The summed E-state index contributed by atoms with van der Waals surface area (Å²) in [5, 5.41) is 3.89. The van der Waals surface area contributed by atoms with Gasteiger partial charge in [-0.25, -0.2) is 0 Å². The van der Waals surface area contributed by atoms with Crippen molar-refractivity contribution < 1.29 is 0 Å². The number of rotatable bonds is 2. The second-order valence-corrected chi connectivity index (χ2v) is 4.23. The van der Waals surface area contributed by atoms with Gasteiger partial charge in [-0.15, -0.1) is 0 Å². The van der Waals surface area contributed by atoms with E-state index in [1.807, 2.05) is 30.3 Å². The van der Waals surface area contributed by atoms with E-state index in [9.17, 15) is 0 Å². The average molecular weight is 255 g/mol. The van der Waals surface area contributed by atoms with Crippen LogP contribution in [0.4, 0.5) is 11.4 Å². The Morgan fingerprint density at radius 1 is 1.11 bits per heavy atom. The maximum atomic E-state index is 5.90. The van der Waals surface area contributed by atoms with Gasteiger partial charge in [0, 0.05) is 18.1 Å². The van der Waals surface area contributed by atoms with Crippen LogP contribution in [0.15, 0.2) is 48.8 Å². The standard InChI is InChI=1S/C14H9ClN3/c15-10-8-13-14(17-9-10)12(6-7-16-13)18-11-4-2-1-3-5-11/h2-9H,(H,16,18). The van der Waals surface area contributed by atoms with Crippen LogP contribution in [0.5, 0.6) is 0 Å². The van der Waals surface area contributed by atoms with Crippen molar-refractivity contribution in [3.8, 4) is 0 Å². The molecule has 0 unspecified atom stereocenters. The SMILES string of the molecule is Clc1cnc2c(Nc3cc[c]cc3)ccnc2c1. The zero-order chi connectivity index (χ0) is 12.4. The van der Waals surface area contributed by atoms with Gasteiger partial charge >= 0.3 is 0 Å². The molecule has 4 heteroatoms. The lowest BCUT2D eigenvalue weighted by atomic mass is 10.2. The van der Waals surface area contributed by atoms with Gasteiger partial charge in [-0.05, 0) is 30.3 Å². The molecule has 0 fully saturated rings. The number of benzene rings is 1. The summed E-state index contributed by atoms with van der Waals surface area (Å²) in [5.41, 5.74) is 3.46. The molecule has 2 heterocycles. The van der Waals surface area contributed by atoms with E-state index in [1.54, 1.807) is 18.5 Å². The molecule has 3 nitrogen and oxygen atoms in total. The number of pyridine rings is 2. The van der Waals surface area contributed by atoms with Crippen LogP contribution in [0, 0.1) is 6.07 Å². The zero-order valence-electron chi connectivity index (χ0n) is 9.39. The fourth-order valence-corrected chi connectivity index (χ4v) is 1.88. The van der Waals surface area contributed by atoms with Crippen LogP contribution >= 0.6 is 11.6 Å².